The van der Waals surface area contributed by atoms with Gasteiger partial charge in [0.1, 0.15) is 11.6 Å². The van der Waals surface area contributed by atoms with Crippen LogP contribution in [0.2, 0.25) is 0 Å². The fourth-order valence-corrected chi connectivity index (χ4v) is 1.81. The van der Waals surface area contributed by atoms with Crippen molar-refractivity contribution in [2.45, 2.75) is 40.2 Å². The smallest absolute Gasteiger partial charge is 0.131 e. The minimum Gasteiger partial charge on any atom is -0.380 e. The zero-order valence-corrected chi connectivity index (χ0v) is 12.9. The first-order valence-electron chi connectivity index (χ1n) is 7.04. The number of nitrogens with zero attached hydrogens (tertiary/aromatic N) is 2. The topological polar surface area (TPSA) is 37.4 Å². The normalized spacial score (nSPS) is 11.4. The van der Waals surface area contributed by atoms with E-state index in [0.717, 1.165) is 37.9 Å². The molecular weight excluding hydrogens is 238 g/mol. The van der Waals surface area contributed by atoms with E-state index in [0.29, 0.717) is 0 Å². The van der Waals surface area contributed by atoms with Gasteiger partial charge in [0.05, 0.1) is 6.61 Å². The molecule has 1 rings (SSSR count). The summed E-state index contributed by atoms with van der Waals surface area (Å²) in [6.07, 6.45) is 0. The van der Waals surface area contributed by atoms with Crippen molar-refractivity contribution in [1.82, 2.24) is 4.98 Å². The molecule has 1 aromatic rings. The molecule has 0 aromatic carbocycles. The molecule has 4 nitrogen and oxygen atoms in total. The highest BCUT2D eigenvalue weighted by molar-refractivity contribution is 5.47. The van der Waals surface area contributed by atoms with E-state index in [4.69, 9.17) is 4.74 Å². The molecule has 0 spiro atoms. The molecule has 0 aliphatic heterocycles. The average molecular weight is 265 g/mol. The fraction of sp³-hybridized carbons (Fsp3) is 0.667. The molecule has 0 bridgehead atoms. The van der Waals surface area contributed by atoms with Crippen molar-refractivity contribution in [2.75, 3.05) is 36.5 Å². The lowest BCUT2D eigenvalue weighted by Gasteiger charge is -2.25. The molecule has 1 heterocycles. The molecule has 4 heteroatoms. The second kappa shape index (κ2) is 7.34. The van der Waals surface area contributed by atoms with Gasteiger partial charge in [-0.2, -0.15) is 0 Å². The molecule has 0 atom stereocenters. The summed E-state index contributed by atoms with van der Waals surface area (Å²) in [4.78, 5) is 6.89. The molecule has 1 N–H and O–H groups in total. The number of anilines is 2. The van der Waals surface area contributed by atoms with Gasteiger partial charge in [0.15, 0.2) is 0 Å². The molecule has 0 amide bonds. The van der Waals surface area contributed by atoms with Crippen molar-refractivity contribution in [3.63, 3.8) is 0 Å². The van der Waals surface area contributed by atoms with Crippen LogP contribution in [-0.2, 0) is 4.74 Å². The van der Waals surface area contributed by atoms with E-state index in [1.807, 2.05) is 25.1 Å². The molecule has 0 aliphatic rings. The lowest BCUT2D eigenvalue weighted by molar-refractivity contribution is 0.154. The van der Waals surface area contributed by atoms with Crippen molar-refractivity contribution in [3.8, 4) is 0 Å². The lowest BCUT2D eigenvalue weighted by atomic mass is 10.1. The SMILES string of the molecule is CCOCCN(CC)c1cccc(NC(C)(C)C)n1. The average Bonchev–Trinajstić information content (AvgIpc) is 2.33. The van der Waals surface area contributed by atoms with Crippen molar-refractivity contribution in [3.05, 3.63) is 18.2 Å². The van der Waals surface area contributed by atoms with Gasteiger partial charge in [-0.15, -0.1) is 0 Å². The molecule has 1 aromatic heterocycles. The summed E-state index contributed by atoms with van der Waals surface area (Å²) in [7, 11) is 0. The molecule has 0 aliphatic carbocycles. The van der Waals surface area contributed by atoms with Gasteiger partial charge in [-0.3, -0.25) is 0 Å². The van der Waals surface area contributed by atoms with E-state index < -0.39 is 0 Å². The number of rotatable bonds is 7. The molecule has 0 fully saturated rings. The summed E-state index contributed by atoms with van der Waals surface area (Å²) >= 11 is 0. The Bertz CT molecular complexity index is 374. The van der Waals surface area contributed by atoms with E-state index in [1.54, 1.807) is 0 Å². The van der Waals surface area contributed by atoms with Crippen LogP contribution in [0.4, 0.5) is 11.6 Å². The maximum atomic E-state index is 5.41. The van der Waals surface area contributed by atoms with Crippen LogP contribution in [0.5, 0.6) is 0 Å². The summed E-state index contributed by atoms with van der Waals surface area (Å²) in [5.74, 6) is 1.91. The maximum Gasteiger partial charge on any atom is 0.131 e. The Hall–Kier alpha value is -1.29. The Morgan fingerprint density at radius 3 is 2.58 bits per heavy atom. The van der Waals surface area contributed by atoms with Crippen LogP contribution in [-0.4, -0.2) is 36.8 Å². The summed E-state index contributed by atoms with van der Waals surface area (Å²) < 4.78 is 5.41. The van der Waals surface area contributed by atoms with Crippen LogP contribution in [0.3, 0.4) is 0 Å². The van der Waals surface area contributed by atoms with Gasteiger partial charge in [-0.25, -0.2) is 4.98 Å². The maximum absolute atomic E-state index is 5.41. The fourth-order valence-electron chi connectivity index (χ4n) is 1.81. The minimum absolute atomic E-state index is 0.0218. The van der Waals surface area contributed by atoms with Crippen LogP contribution in [0.1, 0.15) is 34.6 Å². The highest BCUT2D eigenvalue weighted by Gasteiger charge is 2.11. The van der Waals surface area contributed by atoms with Crippen LogP contribution in [0, 0.1) is 0 Å². The number of likely N-dealkylation sites (N-methyl/N-ethyl adjacent to an activating group) is 1. The quantitative estimate of drug-likeness (QED) is 0.768. The molecule has 0 unspecified atom stereocenters. The number of hydrogen-bond donors (Lipinski definition) is 1. The Morgan fingerprint density at radius 2 is 2.00 bits per heavy atom. The van der Waals surface area contributed by atoms with Gasteiger partial charge < -0.3 is 15.0 Å². The third-order valence-electron chi connectivity index (χ3n) is 2.65. The van der Waals surface area contributed by atoms with E-state index in [-0.39, 0.29) is 5.54 Å². The highest BCUT2D eigenvalue weighted by Crippen LogP contribution is 2.17. The zero-order chi connectivity index (χ0) is 14.3. The number of ether oxygens (including phenoxy) is 1. The zero-order valence-electron chi connectivity index (χ0n) is 12.9. The highest BCUT2D eigenvalue weighted by atomic mass is 16.5. The van der Waals surface area contributed by atoms with Gasteiger partial charge in [0.2, 0.25) is 0 Å². The van der Waals surface area contributed by atoms with Gasteiger partial charge >= 0.3 is 0 Å². The molecule has 0 radical (unpaired) electrons. The van der Waals surface area contributed by atoms with Gasteiger partial charge in [-0.05, 0) is 46.8 Å². The van der Waals surface area contributed by atoms with Crippen LogP contribution in [0.25, 0.3) is 0 Å². The van der Waals surface area contributed by atoms with Gasteiger partial charge in [0, 0.05) is 25.2 Å². The van der Waals surface area contributed by atoms with Gasteiger partial charge in [0.25, 0.3) is 0 Å². The van der Waals surface area contributed by atoms with Crippen molar-refractivity contribution in [2.24, 2.45) is 0 Å². The standard InChI is InChI=1S/C15H27N3O/c1-6-18(11-12-19-7-2)14-10-8-9-13(16-14)17-15(3,4)5/h8-10H,6-7,11-12H2,1-5H3,(H,16,17). The minimum atomic E-state index is 0.0218. The van der Waals surface area contributed by atoms with Crippen LogP contribution in [0.15, 0.2) is 18.2 Å². The summed E-state index contributed by atoms with van der Waals surface area (Å²) in [6, 6.07) is 6.09. The molecule has 19 heavy (non-hydrogen) atoms. The summed E-state index contributed by atoms with van der Waals surface area (Å²) in [6.45, 7) is 13.9. The first-order valence-corrected chi connectivity index (χ1v) is 7.04. The number of hydrogen-bond acceptors (Lipinski definition) is 4. The Labute approximate surface area is 117 Å². The van der Waals surface area contributed by atoms with Crippen molar-refractivity contribution >= 4 is 11.6 Å². The lowest BCUT2D eigenvalue weighted by Crippen LogP contribution is -2.29. The van der Waals surface area contributed by atoms with Crippen LogP contribution < -0.4 is 10.2 Å². The number of nitrogens with one attached hydrogen (secondary N) is 1. The van der Waals surface area contributed by atoms with E-state index in [2.05, 4.69) is 42.9 Å². The Kier molecular flexibility index (Phi) is 6.09. The van der Waals surface area contributed by atoms with E-state index >= 15 is 0 Å². The van der Waals surface area contributed by atoms with Gasteiger partial charge in [-0.1, -0.05) is 6.07 Å². The molecular formula is C15H27N3O. The Morgan fingerprint density at radius 1 is 1.26 bits per heavy atom. The van der Waals surface area contributed by atoms with E-state index in [9.17, 15) is 0 Å². The second-order valence-corrected chi connectivity index (χ2v) is 5.53. The predicted molar refractivity (Wildman–Crippen MR) is 82.0 cm³/mol. The van der Waals surface area contributed by atoms with E-state index in [1.165, 1.54) is 0 Å². The first-order chi connectivity index (χ1) is 8.96. The molecule has 0 saturated heterocycles. The molecule has 108 valence electrons. The van der Waals surface area contributed by atoms with Crippen LogP contribution >= 0.6 is 0 Å². The number of pyridine rings is 1. The predicted octanol–water partition coefficient (Wildman–Crippen LogP) is 3.15. The first kappa shape index (κ1) is 15.8. The van der Waals surface area contributed by atoms with Crippen molar-refractivity contribution in [1.29, 1.82) is 0 Å². The summed E-state index contributed by atoms with van der Waals surface area (Å²) in [5.41, 5.74) is 0.0218. The van der Waals surface area contributed by atoms with Crippen molar-refractivity contribution < 1.29 is 4.74 Å². The second-order valence-electron chi connectivity index (χ2n) is 5.53. The third kappa shape index (κ3) is 5.92. The summed E-state index contributed by atoms with van der Waals surface area (Å²) in [5, 5.41) is 3.40. The Balaban J connectivity index is 2.72. The largest absolute Gasteiger partial charge is 0.380 e. The number of aromatic nitrogens is 1. The monoisotopic (exact) mass is 265 g/mol. The molecule has 0 saturated carbocycles. The third-order valence-corrected chi connectivity index (χ3v) is 2.65.